The van der Waals surface area contributed by atoms with E-state index in [1.54, 1.807) is 17.7 Å². The van der Waals surface area contributed by atoms with E-state index < -0.39 is 0 Å². The molecule has 3 rings (SSSR count). The molecule has 0 unspecified atom stereocenters. The van der Waals surface area contributed by atoms with Crippen LogP contribution in [0.1, 0.15) is 6.42 Å². The molecule has 5 nitrogen and oxygen atoms in total. The summed E-state index contributed by atoms with van der Waals surface area (Å²) in [6.45, 7) is 1.07. The summed E-state index contributed by atoms with van der Waals surface area (Å²) in [5, 5.41) is 0.621. The fourth-order valence-corrected chi connectivity index (χ4v) is 2.61. The first-order valence-corrected chi connectivity index (χ1v) is 7.58. The lowest BCUT2D eigenvalue weighted by Gasteiger charge is -2.14. The van der Waals surface area contributed by atoms with Crippen molar-refractivity contribution in [2.24, 2.45) is 5.73 Å². The van der Waals surface area contributed by atoms with Crippen LogP contribution in [-0.2, 0) is 6.54 Å². The van der Waals surface area contributed by atoms with Crippen LogP contribution in [-0.4, -0.2) is 23.2 Å². The molecule has 0 amide bonds. The average Bonchev–Trinajstić information content (AvgIpc) is 2.61. The normalized spacial score (nSPS) is 10.9. The van der Waals surface area contributed by atoms with Crippen LogP contribution in [0.5, 0.6) is 5.75 Å². The highest BCUT2D eigenvalue weighted by Crippen LogP contribution is 2.23. The van der Waals surface area contributed by atoms with Crippen molar-refractivity contribution in [3.63, 3.8) is 0 Å². The second-order valence-corrected chi connectivity index (χ2v) is 5.28. The van der Waals surface area contributed by atoms with Crippen LogP contribution in [0.3, 0.4) is 0 Å². The highest BCUT2D eigenvalue weighted by molar-refractivity contribution is 5.79. The molecule has 5 heteroatoms. The predicted octanol–water partition coefficient (Wildman–Crippen LogP) is 2.42. The summed E-state index contributed by atoms with van der Waals surface area (Å²) in [6.07, 6.45) is 0.719. The smallest absolute Gasteiger partial charge is 0.261 e. The Kier molecular flexibility index (Phi) is 4.39. The summed E-state index contributed by atoms with van der Waals surface area (Å²) in [6, 6.07) is 15.0. The molecular weight excluding hydrogens is 290 g/mol. The number of para-hydroxylation sites is 1. The molecule has 0 spiro atoms. The van der Waals surface area contributed by atoms with Crippen LogP contribution in [0, 0.1) is 0 Å². The monoisotopic (exact) mass is 309 g/mol. The molecule has 1 heterocycles. The molecule has 2 aromatic carbocycles. The highest BCUT2D eigenvalue weighted by Gasteiger charge is 2.12. The fourth-order valence-electron chi connectivity index (χ4n) is 2.61. The predicted molar refractivity (Wildman–Crippen MR) is 91.7 cm³/mol. The molecule has 0 atom stereocenters. The lowest BCUT2D eigenvalue weighted by Crippen LogP contribution is -2.24. The second-order valence-electron chi connectivity index (χ2n) is 5.28. The molecule has 3 aromatic rings. The minimum atomic E-state index is -0.0399. The molecule has 23 heavy (non-hydrogen) atoms. The zero-order valence-electron chi connectivity index (χ0n) is 13.0. The molecule has 0 saturated carbocycles. The van der Waals surface area contributed by atoms with E-state index in [0.717, 1.165) is 17.7 Å². The third-order valence-corrected chi connectivity index (χ3v) is 3.78. The van der Waals surface area contributed by atoms with Crippen LogP contribution in [0.15, 0.2) is 53.3 Å². The highest BCUT2D eigenvalue weighted by atomic mass is 16.5. The van der Waals surface area contributed by atoms with Gasteiger partial charge in [0.25, 0.3) is 5.56 Å². The molecule has 118 valence electrons. The number of aromatic nitrogens is 2. The van der Waals surface area contributed by atoms with Gasteiger partial charge in [0.05, 0.1) is 18.0 Å². The van der Waals surface area contributed by atoms with Gasteiger partial charge in [0.15, 0.2) is 0 Å². The first kappa shape index (κ1) is 15.2. The van der Waals surface area contributed by atoms with Gasteiger partial charge in [0, 0.05) is 12.1 Å². The quantitative estimate of drug-likeness (QED) is 0.786. The van der Waals surface area contributed by atoms with Crippen LogP contribution in [0.2, 0.25) is 0 Å². The first-order valence-electron chi connectivity index (χ1n) is 7.58. The van der Waals surface area contributed by atoms with Crippen LogP contribution >= 0.6 is 0 Å². The summed E-state index contributed by atoms with van der Waals surface area (Å²) in [5.41, 5.74) is 7.12. The van der Waals surface area contributed by atoms with Crippen molar-refractivity contribution in [3.8, 4) is 17.1 Å². The number of fused-ring (bicyclic) bond motifs is 1. The summed E-state index contributed by atoms with van der Waals surface area (Å²) >= 11 is 0. The van der Waals surface area contributed by atoms with Crippen molar-refractivity contribution in [2.75, 3.05) is 13.7 Å². The zero-order chi connectivity index (χ0) is 16.2. The fraction of sp³-hybridized carbons (Fsp3) is 0.222. The number of ether oxygens (including phenoxy) is 1. The third kappa shape index (κ3) is 2.96. The van der Waals surface area contributed by atoms with Crippen molar-refractivity contribution in [1.82, 2.24) is 9.55 Å². The number of rotatable bonds is 5. The van der Waals surface area contributed by atoms with Gasteiger partial charge < -0.3 is 10.5 Å². The Hall–Kier alpha value is -2.66. The van der Waals surface area contributed by atoms with Crippen LogP contribution in [0.4, 0.5) is 0 Å². The third-order valence-electron chi connectivity index (χ3n) is 3.78. The average molecular weight is 309 g/mol. The Balaban J connectivity index is 2.26. The molecule has 0 aliphatic carbocycles. The van der Waals surface area contributed by atoms with Gasteiger partial charge >= 0.3 is 0 Å². The lowest BCUT2D eigenvalue weighted by atomic mass is 10.1. The van der Waals surface area contributed by atoms with Gasteiger partial charge in [0.2, 0.25) is 0 Å². The number of hydrogen-bond acceptors (Lipinski definition) is 4. The van der Waals surface area contributed by atoms with Gasteiger partial charge in [-0.05, 0) is 37.2 Å². The van der Waals surface area contributed by atoms with Gasteiger partial charge in [-0.1, -0.05) is 24.3 Å². The van der Waals surface area contributed by atoms with Crippen molar-refractivity contribution in [1.29, 1.82) is 0 Å². The van der Waals surface area contributed by atoms with E-state index in [0.29, 0.717) is 29.8 Å². The van der Waals surface area contributed by atoms with E-state index >= 15 is 0 Å². The minimum Gasteiger partial charge on any atom is -0.497 e. The molecule has 0 fully saturated rings. The van der Waals surface area contributed by atoms with E-state index in [9.17, 15) is 4.79 Å². The number of benzene rings is 2. The maximum atomic E-state index is 12.8. The Morgan fingerprint density at radius 3 is 2.78 bits per heavy atom. The van der Waals surface area contributed by atoms with Crippen molar-refractivity contribution in [3.05, 3.63) is 58.9 Å². The topological polar surface area (TPSA) is 70.1 Å². The number of hydrogen-bond donors (Lipinski definition) is 1. The largest absolute Gasteiger partial charge is 0.497 e. The van der Waals surface area contributed by atoms with Crippen LogP contribution < -0.4 is 16.0 Å². The summed E-state index contributed by atoms with van der Waals surface area (Å²) in [4.78, 5) is 17.5. The van der Waals surface area contributed by atoms with Gasteiger partial charge in [-0.15, -0.1) is 0 Å². The van der Waals surface area contributed by atoms with E-state index in [-0.39, 0.29) is 5.56 Å². The SMILES string of the molecule is COc1cccc(-c2nc3ccccc3c(=O)n2CCCN)c1. The van der Waals surface area contributed by atoms with Crippen molar-refractivity contribution < 1.29 is 4.74 Å². The Morgan fingerprint density at radius 2 is 2.00 bits per heavy atom. The maximum absolute atomic E-state index is 12.8. The second kappa shape index (κ2) is 6.62. The van der Waals surface area contributed by atoms with E-state index in [1.807, 2.05) is 42.5 Å². The standard InChI is InChI=1S/C18H19N3O2/c1-23-14-7-4-6-13(12-14)17-20-16-9-3-2-8-15(16)18(22)21(17)11-5-10-19/h2-4,6-9,12H,5,10-11,19H2,1H3. The number of nitrogens with two attached hydrogens (primary N) is 1. The van der Waals surface area contributed by atoms with E-state index in [1.165, 1.54) is 0 Å². The molecular formula is C18H19N3O2. The number of nitrogens with zero attached hydrogens (tertiary/aromatic N) is 2. The molecule has 2 N–H and O–H groups in total. The molecule has 0 saturated heterocycles. The van der Waals surface area contributed by atoms with Gasteiger partial charge in [-0.25, -0.2) is 4.98 Å². The minimum absolute atomic E-state index is 0.0399. The lowest BCUT2D eigenvalue weighted by molar-refractivity contribution is 0.415. The summed E-state index contributed by atoms with van der Waals surface area (Å²) in [5.74, 6) is 1.37. The molecule has 0 aliphatic rings. The Labute approximate surface area is 134 Å². The van der Waals surface area contributed by atoms with E-state index in [2.05, 4.69) is 0 Å². The number of methoxy groups -OCH3 is 1. The zero-order valence-corrected chi connectivity index (χ0v) is 13.0. The molecule has 0 bridgehead atoms. The Morgan fingerprint density at radius 1 is 1.17 bits per heavy atom. The summed E-state index contributed by atoms with van der Waals surface area (Å²) in [7, 11) is 1.62. The maximum Gasteiger partial charge on any atom is 0.261 e. The molecule has 1 aromatic heterocycles. The first-order chi connectivity index (χ1) is 11.2. The molecule has 0 radical (unpaired) electrons. The van der Waals surface area contributed by atoms with E-state index in [4.69, 9.17) is 15.5 Å². The van der Waals surface area contributed by atoms with Crippen molar-refractivity contribution >= 4 is 10.9 Å². The van der Waals surface area contributed by atoms with Crippen molar-refractivity contribution in [2.45, 2.75) is 13.0 Å². The van der Waals surface area contributed by atoms with Crippen LogP contribution in [0.25, 0.3) is 22.3 Å². The summed E-state index contributed by atoms with van der Waals surface area (Å²) < 4.78 is 6.98. The van der Waals surface area contributed by atoms with Gasteiger partial charge in [-0.2, -0.15) is 0 Å². The molecule has 0 aliphatic heterocycles. The Bertz CT molecular complexity index is 887. The van der Waals surface area contributed by atoms with Gasteiger partial charge in [0.1, 0.15) is 11.6 Å². The van der Waals surface area contributed by atoms with Gasteiger partial charge in [-0.3, -0.25) is 9.36 Å².